The summed E-state index contributed by atoms with van der Waals surface area (Å²) in [4.78, 5) is 22.2. The first kappa shape index (κ1) is 15.3. The molecule has 3 heterocycles. The van der Waals surface area contributed by atoms with Gasteiger partial charge in [-0.05, 0) is 30.7 Å². The fraction of sp³-hybridized carbons (Fsp3) is 0.167. The molecule has 24 heavy (non-hydrogen) atoms. The Bertz CT molecular complexity index is 1070. The fourth-order valence-electron chi connectivity index (χ4n) is 2.98. The Balaban J connectivity index is 2.13. The molecule has 6 heteroatoms. The van der Waals surface area contributed by atoms with E-state index in [0.717, 1.165) is 34.0 Å². The summed E-state index contributed by atoms with van der Waals surface area (Å²) in [6.45, 7) is 0.787. The van der Waals surface area contributed by atoms with Gasteiger partial charge >= 0.3 is 0 Å². The summed E-state index contributed by atoms with van der Waals surface area (Å²) in [7, 11) is 0. The van der Waals surface area contributed by atoms with Crippen LogP contribution in [0.3, 0.4) is 0 Å². The Morgan fingerprint density at radius 3 is 2.67 bits per heavy atom. The summed E-state index contributed by atoms with van der Waals surface area (Å²) < 4.78 is 4.68. The van der Waals surface area contributed by atoms with E-state index in [0.29, 0.717) is 11.2 Å². The van der Waals surface area contributed by atoms with Gasteiger partial charge in [0.1, 0.15) is 16.7 Å². The minimum Gasteiger partial charge on any atom is -0.326 e. The van der Waals surface area contributed by atoms with E-state index in [1.54, 1.807) is 17.1 Å². The van der Waals surface area contributed by atoms with Crippen molar-refractivity contribution in [2.75, 3.05) is 4.43 Å². The van der Waals surface area contributed by atoms with Crippen LogP contribution < -0.4 is 5.56 Å². The van der Waals surface area contributed by atoms with Gasteiger partial charge in [-0.3, -0.25) is 9.36 Å². The quantitative estimate of drug-likeness (QED) is 0.368. The number of fused-ring (bicyclic) bond motifs is 3. The van der Waals surface area contributed by atoms with Gasteiger partial charge in [0.05, 0.1) is 12.0 Å². The van der Waals surface area contributed by atoms with Crippen molar-refractivity contribution < 1.29 is 0 Å². The molecule has 4 aromatic rings. The molecular formula is C18H15IN4O. The second-order valence-electron chi connectivity index (χ2n) is 5.53. The van der Waals surface area contributed by atoms with Crippen molar-refractivity contribution in [3.05, 3.63) is 65.3 Å². The van der Waals surface area contributed by atoms with E-state index < -0.39 is 0 Å². The number of para-hydroxylation sites is 1. The molecule has 5 nitrogen and oxygen atoms in total. The van der Waals surface area contributed by atoms with E-state index in [2.05, 4.69) is 32.6 Å². The highest BCUT2D eigenvalue weighted by Crippen LogP contribution is 2.22. The van der Waals surface area contributed by atoms with E-state index in [1.165, 1.54) is 0 Å². The highest BCUT2D eigenvalue weighted by molar-refractivity contribution is 14.1. The molecule has 0 aliphatic heterocycles. The van der Waals surface area contributed by atoms with E-state index in [9.17, 15) is 4.79 Å². The molecule has 0 N–H and O–H groups in total. The average molecular weight is 430 g/mol. The Labute approximate surface area is 152 Å². The van der Waals surface area contributed by atoms with Crippen LogP contribution in [0.5, 0.6) is 0 Å². The van der Waals surface area contributed by atoms with Crippen LogP contribution in [-0.2, 0) is 6.54 Å². The number of imidazole rings is 1. The molecule has 120 valence electrons. The minimum atomic E-state index is -0.0756. The second-order valence-corrected chi connectivity index (χ2v) is 6.61. The van der Waals surface area contributed by atoms with Crippen LogP contribution in [0.2, 0.25) is 0 Å². The Kier molecular flexibility index (Phi) is 4.05. The molecule has 0 unspecified atom stereocenters. The number of nitrogens with zero attached hydrogens (tertiary/aromatic N) is 4. The largest absolute Gasteiger partial charge is 0.326 e. The molecule has 4 rings (SSSR count). The van der Waals surface area contributed by atoms with E-state index >= 15 is 0 Å². The van der Waals surface area contributed by atoms with Gasteiger partial charge in [0.15, 0.2) is 0 Å². The number of aromatic nitrogens is 4. The zero-order valence-corrected chi connectivity index (χ0v) is 15.1. The number of pyridine rings is 2. The van der Waals surface area contributed by atoms with Gasteiger partial charge in [0.2, 0.25) is 0 Å². The van der Waals surface area contributed by atoms with Gasteiger partial charge in [0.25, 0.3) is 5.56 Å². The number of rotatable bonds is 4. The second kappa shape index (κ2) is 6.35. The van der Waals surface area contributed by atoms with Crippen LogP contribution in [0.1, 0.15) is 6.42 Å². The summed E-state index contributed by atoms with van der Waals surface area (Å²) in [6, 6.07) is 13.5. The number of benzene rings is 1. The third kappa shape index (κ3) is 2.41. The van der Waals surface area contributed by atoms with Gasteiger partial charge in [-0.1, -0.05) is 40.8 Å². The molecule has 0 amide bonds. The van der Waals surface area contributed by atoms with Gasteiger partial charge in [-0.25, -0.2) is 9.97 Å². The average Bonchev–Trinajstić information content (AvgIpc) is 3.06. The predicted octanol–water partition coefficient (Wildman–Crippen LogP) is 3.56. The lowest BCUT2D eigenvalue weighted by molar-refractivity contribution is 0.703. The van der Waals surface area contributed by atoms with Crippen molar-refractivity contribution in [2.24, 2.45) is 0 Å². The van der Waals surface area contributed by atoms with E-state index in [1.807, 2.05) is 47.0 Å². The first-order valence-corrected chi connectivity index (χ1v) is 9.30. The highest BCUT2D eigenvalue weighted by Gasteiger charge is 2.17. The zero-order valence-electron chi connectivity index (χ0n) is 12.9. The lowest BCUT2D eigenvalue weighted by atomic mass is 10.2. The zero-order chi connectivity index (χ0) is 16.5. The Hall–Kier alpha value is -2.22. The maximum atomic E-state index is 13.2. The number of alkyl halides is 1. The van der Waals surface area contributed by atoms with E-state index in [-0.39, 0.29) is 5.56 Å². The Morgan fingerprint density at radius 2 is 1.88 bits per heavy atom. The molecule has 0 aliphatic carbocycles. The van der Waals surface area contributed by atoms with Crippen LogP contribution in [0, 0.1) is 0 Å². The highest BCUT2D eigenvalue weighted by atomic mass is 127. The molecule has 0 saturated carbocycles. The normalized spacial score (nSPS) is 11.4. The molecule has 0 atom stereocenters. The summed E-state index contributed by atoms with van der Waals surface area (Å²) >= 11 is 2.35. The monoisotopic (exact) mass is 430 g/mol. The summed E-state index contributed by atoms with van der Waals surface area (Å²) in [6.07, 6.45) is 4.47. The molecule has 3 aromatic heterocycles. The van der Waals surface area contributed by atoms with E-state index in [4.69, 9.17) is 0 Å². The van der Waals surface area contributed by atoms with Crippen LogP contribution in [0.4, 0.5) is 0 Å². The first-order chi connectivity index (χ1) is 11.8. The molecule has 0 spiro atoms. The number of hydrogen-bond donors (Lipinski definition) is 0. The maximum Gasteiger partial charge on any atom is 0.282 e. The van der Waals surface area contributed by atoms with Crippen molar-refractivity contribution in [1.82, 2.24) is 19.1 Å². The molecular weight excluding hydrogens is 415 g/mol. The number of aryl methyl sites for hydroxylation is 1. The summed E-state index contributed by atoms with van der Waals surface area (Å²) in [5.74, 6) is 0. The molecule has 0 bridgehead atoms. The molecule has 0 aliphatic rings. The fourth-order valence-corrected chi connectivity index (χ4v) is 3.32. The van der Waals surface area contributed by atoms with Crippen LogP contribution in [-0.4, -0.2) is 23.5 Å². The van der Waals surface area contributed by atoms with Crippen molar-refractivity contribution >= 4 is 44.7 Å². The summed E-state index contributed by atoms with van der Waals surface area (Å²) in [5.41, 5.74) is 2.75. The molecule has 0 saturated heterocycles. The maximum absolute atomic E-state index is 13.2. The lowest BCUT2D eigenvalue weighted by Gasteiger charge is -2.11. The van der Waals surface area contributed by atoms with Crippen molar-refractivity contribution in [3.63, 3.8) is 0 Å². The first-order valence-electron chi connectivity index (χ1n) is 7.77. The van der Waals surface area contributed by atoms with Crippen molar-refractivity contribution in [3.8, 4) is 5.69 Å². The number of hydrogen-bond acceptors (Lipinski definition) is 3. The van der Waals surface area contributed by atoms with Gasteiger partial charge < -0.3 is 4.57 Å². The molecule has 0 fully saturated rings. The van der Waals surface area contributed by atoms with Crippen molar-refractivity contribution in [1.29, 1.82) is 0 Å². The van der Waals surface area contributed by atoms with Crippen LogP contribution in [0.15, 0.2) is 59.8 Å². The topological polar surface area (TPSA) is 52.7 Å². The lowest BCUT2D eigenvalue weighted by Crippen LogP contribution is -2.22. The van der Waals surface area contributed by atoms with Crippen LogP contribution in [0.25, 0.3) is 27.8 Å². The molecule has 0 radical (unpaired) electrons. The Morgan fingerprint density at radius 1 is 1.04 bits per heavy atom. The third-order valence-corrected chi connectivity index (χ3v) is 4.81. The van der Waals surface area contributed by atoms with Gasteiger partial charge in [-0.15, -0.1) is 0 Å². The predicted molar refractivity (Wildman–Crippen MR) is 104 cm³/mol. The number of halogens is 1. The van der Waals surface area contributed by atoms with Crippen molar-refractivity contribution in [2.45, 2.75) is 13.0 Å². The third-order valence-electron chi connectivity index (χ3n) is 4.04. The van der Waals surface area contributed by atoms with Crippen LogP contribution >= 0.6 is 22.6 Å². The smallest absolute Gasteiger partial charge is 0.282 e. The van der Waals surface area contributed by atoms with Gasteiger partial charge in [0, 0.05) is 22.6 Å². The molecule has 1 aromatic carbocycles. The SMILES string of the molecule is O=c1c2c(ncn2CCCI)c2cccnc2n1-c1ccccc1. The summed E-state index contributed by atoms with van der Waals surface area (Å²) in [5, 5.41) is 0.893. The van der Waals surface area contributed by atoms with Gasteiger partial charge in [-0.2, -0.15) is 0 Å². The minimum absolute atomic E-state index is 0.0756. The standard InChI is InChI=1S/C18H15IN4O/c19-9-5-11-22-12-21-15-14-8-4-10-20-17(14)23(18(24)16(15)22)13-6-2-1-3-7-13/h1-4,6-8,10,12H,5,9,11H2.